The molecule has 0 bridgehead atoms. The monoisotopic (exact) mass is 373 g/mol. The van der Waals surface area contributed by atoms with Crippen LogP contribution in [0.4, 0.5) is 0 Å². The van der Waals surface area contributed by atoms with Crippen LogP contribution in [0.3, 0.4) is 0 Å². The number of sulfone groups is 1. The lowest BCUT2D eigenvalue weighted by molar-refractivity contribution is 0.600. The highest BCUT2D eigenvalue weighted by molar-refractivity contribution is 9.10. The van der Waals surface area contributed by atoms with Crippen molar-refractivity contribution in [3.8, 4) is 0 Å². The number of thiophene rings is 1. The summed E-state index contributed by atoms with van der Waals surface area (Å²) in [4.78, 5) is 0.351. The Hall–Kier alpha value is -0.690. The van der Waals surface area contributed by atoms with Crippen molar-refractivity contribution in [3.05, 3.63) is 50.6 Å². The van der Waals surface area contributed by atoms with Gasteiger partial charge in [-0.3, -0.25) is 0 Å². The maximum absolute atomic E-state index is 11.7. The van der Waals surface area contributed by atoms with Gasteiger partial charge in [0, 0.05) is 16.1 Å². The fraction of sp³-hybridized carbons (Fsp3) is 0.286. The van der Waals surface area contributed by atoms with Crippen molar-refractivity contribution in [3.63, 3.8) is 0 Å². The minimum atomic E-state index is -3.19. The quantitative estimate of drug-likeness (QED) is 0.870. The summed E-state index contributed by atoms with van der Waals surface area (Å²) in [5.74, 6) is 0. The number of hydrogen-bond acceptors (Lipinski definition) is 4. The molecule has 0 saturated heterocycles. The van der Waals surface area contributed by atoms with Crippen LogP contribution >= 0.6 is 27.3 Å². The zero-order valence-electron chi connectivity index (χ0n) is 11.3. The summed E-state index contributed by atoms with van der Waals surface area (Å²) < 4.78 is 24.4. The fourth-order valence-corrected chi connectivity index (χ4v) is 4.26. The normalized spacial score (nSPS) is 13.3. The van der Waals surface area contributed by atoms with Gasteiger partial charge in [-0.15, -0.1) is 0 Å². The Morgan fingerprint density at radius 2 is 2.10 bits per heavy atom. The Labute approximate surface area is 132 Å². The maximum Gasteiger partial charge on any atom is 0.175 e. The summed E-state index contributed by atoms with van der Waals surface area (Å²) in [6.45, 7) is 2.84. The molecule has 1 unspecified atom stereocenters. The molecule has 1 N–H and O–H groups in total. The van der Waals surface area contributed by atoms with E-state index in [1.54, 1.807) is 29.5 Å². The molecule has 1 atom stereocenters. The summed E-state index contributed by atoms with van der Waals surface area (Å²) in [7, 11) is -3.19. The number of benzene rings is 1. The standard InChI is InChI=1S/C14H16BrNO2S2/c1-3-16-14(12-8-19-9-13(12)15)10-5-4-6-11(7-10)20(2,17)18/h4-9,14,16H,3H2,1-2H3. The Morgan fingerprint density at radius 1 is 1.35 bits per heavy atom. The highest BCUT2D eigenvalue weighted by atomic mass is 79.9. The molecular formula is C14H16BrNO2S2. The van der Waals surface area contributed by atoms with Gasteiger partial charge in [0.1, 0.15) is 0 Å². The second-order valence-electron chi connectivity index (χ2n) is 4.51. The molecular weight excluding hydrogens is 358 g/mol. The second kappa shape index (κ2) is 6.39. The van der Waals surface area contributed by atoms with E-state index >= 15 is 0 Å². The third-order valence-corrected chi connectivity index (χ3v) is 5.84. The molecule has 108 valence electrons. The number of rotatable bonds is 5. The third kappa shape index (κ3) is 3.49. The van der Waals surface area contributed by atoms with Gasteiger partial charge in [0.2, 0.25) is 0 Å². The van der Waals surface area contributed by atoms with Gasteiger partial charge in [-0.05, 0) is 51.1 Å². The molecule has 0 radical (unpaired) electrons. The summed E-state index contributed by atoms with van der Waals surface area (Å²) in [6, 6.07) is 7.10. The SMILES string of the molecule is CCNC(c1cccc(S(C)(=O)=O)c1)c1cscc1Br. The van der Waals surface area contributed by atoms with E-state index in [1.807, 2.05) is 18.4 Å². The van der Waals surface area contributed by atoms with Crippen molar-refractivity contribution < 1.29 is 8.42 Å². The first-order valence-corrected chi connectivity index (χ1v) is 9.81. The minimum Gasteiger partial charge on any atom is -0.306 e. The summed E-state index contributed by atoms with van der Waals surface area (Å²) in [5, 5.41) is 7.50. The lowest BCUT2D eigenvalue weighted by Crippen LogP contribution is -2.22. The molecule has 0 amide bonds. The van der Waals surface area contributed by atoms with Crippen LogP contribution in [0.1, 0.15) is 24.1 Å². The van der Waals surface area contributed by atoms with Crippen LogP contribution in [-0.2, 0) is 9.84 Å². The molecule has 3 nitrogen and oxygen atoms in total. The summed E-state index contributed by atoms with van der Waals surface area (Å²) >= 11 is 5.16. The van der Waals surface area contributed by atoms with Crippen molar-refractivity contribution in [1.29, 1.82) is 0 Å². The average molecular weight is 374 g/mol. The molecule has 0 fully saturated rings. The van der Waals surface area contributed by atoms with E-state index in [1.165, 1.54) is 6.26 Å². The lowest BCUT2D eigenvalue weighted by atomic mass is 10.0. The Bertz CT molecular complexity index is 695. The second-order valence-corrected chi connectivity index (χ2v) is 8.12. The van der Waals surface area contributed by atoms with Crippen molar-refractivity contribution in [1.82, 2.24) is 5.32 Å². The predicted molar refractivity (Wildman–Crippen MR) is 87.1 cm³/mol. The Kier molecular flexibility index (Phi) is 5.01. The van der Waals surface area contributed by atoms with E-state index in [2.05, 4.69) is 26.6 Å². The van der Waals surface area contributed by atoms with Gasteiger partial charge >= 0.3 is 0 Å². The molecule has 1 aromatic carbocycles. The Morgan fingerprint density at radius 3 is 2.65 bits per heavy atom. The van der Waals surface area contributed by atoms with Crippen LogP contribution in [0, 0.1) is 0 Å². The first kappa shape index (κ1) is 15.7. The van der Waals surface area contributed by atoms with Gasteiger partial charge in [-0.25, -0.2) is 8.42 Å². The third-order valence-electron chi connectivity index (χ3n) is 2.98. The largest absolute Gasteiger partial charge is 0.306 e. The number of hydrogen-bond donors (Lipinski definition) is 1. The van der Waals surface area contributed by atoms with Crippen LogP contribution in [0.5, 0.6) is 0 Å². The lowest BCUT2D eigenvalue weighted by Gasteiger charge is -2.19. The van der Waals surface area contributed by atoms with E-state index in [4.69, 9.17) is 0 Å². The van der Waals surface area contributed by atoms with Crippen LogP contribution < -0.4 is 5.32 Å². The van der Waals surface area contributed by atoms with Gasteiger partial charge in [0.15, 0.2) is 9.84 Å². The topological polar surface area (TPSA) is 46.2 Å². The summed E-state index contributed by atoms with van der Waals surface area (Å²) in [6.07, 6.45) is 1.23. The molecule has 1 aromatic heterocycles. The fourth-order valence-electron chi connectivity index (χ4n) is 2.03. The van der Waals surface area contributed by atoms with Crippen LogP contribution in [0.25, 0.3) is 0 Å². The van der Waals surface area contributed by atoms with Crippen LogP contribution in [0.15, 0.2) is 44.4 Å². The zero-order chi connectivity index (χ0) is 14.8. The molecule has 2 rings (SSSR count). The predicted octanol–water partition coefficient (Wildman–Crippen LogP) is 3.61. The molecule has 20 heavy (non-hydrogen) atoms. The summed E-state index contributed by atoms with van der Waals surface area (Å²) in [5.41, 5.74) is 2.08. The van der Waals surface area contributed by atoms with Crippen molar-refractivity contribution >= 4 is 37.1 Å². The molecule has 1 heterocycles. The van der Waals surface area contributed by atoms with Crippen LogP contribution in [0.2, 0.25) is 0 Å². The van der Waals surface area contributed by atoms with E-state index in [-0.39, 0.29) is 6.04 Å². The number of halogens is 1. The van der Waals surface area contributed by atoms with E-state index < -0.39 is 9.84 Å². The smallest absolute Gasteiger partial charge is 0.175 e. The first-order valence-electron chi connectivity index (χ1n) is 6.18. The maximum atomic E-state index is 11.7. The molecule has 0 aliphatic rings. The minimum absolute atomic E-state index is 0.0117. The Balaban J connectivity index is 2.48. The molecule has 6 heteroatoms. The molecule has 0 aliphatic carbocycles. The van der Waals surface area contributed by atoms with Gasteiger partial charge < -0.3 is 5.32 Å². The van der Waals surface area contributed by atoms with Gasteiger partial charge in [0.05, 0.1) is 10.9 Å². The van der Waals surface area contributed by atoms with E-state index in [9.17, 15) is 8.42 Å². The molecule has 0 spiro atoms. The molecule has 0 saturated carbocycles. The number of nitrogens with one attached hydrogen (secondary N) is 1. The zero-order valence-corrected chi connectivity index (χ0v) is 14.5. The first-order chi connectivity index (χ1) is 9.43. The van der Waals surface area contributed by atoms with E-state index in [0.29, 0.717) is 4.90 Å². The van der Waals surface area contributed by atoms with E-state index in [0.717, 1.165) is 22.1 Å². The van der Waals surface area contributed by atoms with Gasteiger partial charge in [-0.1, -0.05) is 19.1 Å². The average Bonchev–Trinajstić information content (AvgIpc) is 2.81. The van der Waals surface area contributed by atoms with Gasteiger partial charge in [-0.2, -0.15) is 11.3 Å². The van der Waals surface area contributed by atoms with Gasteiger partial charge in [0.25, 0.3) is 0 Å². The van der Waals surface area contributed by atoms with Crippen molar-refractivity contribution in [2.75, 3.05) is 12.8 Å². The highest BCUT2D eigenvalue weighted by Gasteiger charge is 2.18. The molecule has 2 aromatic rings. The van der Waals surface area contributed by atoms with Crippen LogP contribution in [-0.4, -0.2) is 21.2 Å². The molecule has 0 aliphatic heterocycles. The van der Waals surface area contributed by atoms with Crippen molar-refractivity contribution in [2.24, 2.45) is 0 Å². The van der Waals surface area contributed by atoms with Crippen molar-refractivity contribution in [2.45, 2.75) is 17.9 Å². The highest BCUT2D eigenvalue weighted by Crippen LogP contribution is 2.32.